The summed E-state index contributed by atoms with van der Waals surface area (Å²) >= 11 is 1.78. The fraction of sp³-hybridized carbons (Fsp3) is 0.846. The number of carbonyl (C=O) groups excluding carboxylic acids is 1. The second-order valence-corrected chi connectivity index (χ2v) is 13.0. The van der Waals surface area contributed by atoms with Gasteiger partial charge in [-0.05, 0) is 106 Å². The quantitative estimate of drug-likeness (QED) is 0.498. The van der Waals surface area contributed by atoms with Gasteiger partial charge in [0.25, 0.3) is 11.8 Å². The minimum Gasteiger partial charge on any atom is -0.474 e. The first-order valence-electron chi connectivity index (χ1n) is 13.5. The Morgan fingerprint density at radius 3 is 2.32 bits per heavy atom. The molecular formula is C26H40ClN3O3S. The Hall–Kier alpha value is -0.920. The lowest BCUT2D eigenvalue weighted by Gasteiger charge is -2.56. The molecule has 5 aliphatic carbocycles. The molecule has 0 atom stereocenters. The van der Waals surface area contributed by atoms with E-state index in [-0.39, 0.29) is 23.9 Å². The van der Waals surface area contributed by atoms with Crippen LogP contribution in [0.5, 0.6) is 5.88 Å². The highest BCUT2D eigenvalue weighted by Crippen LogP contribution is 2.55. The Labute approximate surface area is 213 Å². The maximum absolute atomic E-state index is 13.6. The third kappa shape index (κ3) is 5.27. The molecule has 2 N–H and O–H groups in total. The van der Waals surface area contributed by atoms with Gasteiger partial charge in [-0.1, -0.05) is 19.3 Å². The summed E-state index contributed by atoms with van der Waals surface area (Å²) in [5.41, 5.74) is -0.0263. The molecule has 4 bridgehead atoms. The van der Waals surface area contributed by atoms with Crippen LogP contribution in [0.3, 0.4) is 0 Å². The van der Waals surface area contributed by atoms with Gasteiger partial charge in [0.05, 0.1) is 6.61 Å². The van der Waals surface area contributed by atoms with Crippen molar-refractivity contribution >= 4 is 30.1 Å². The van der Waals surface area contributed by atoms with Gasteiger partial charge in [-0.3, -0.25) is 4.79 Å². The third-order valence-corrected chi connectivity index (χ3v) is 10.4. The van der Waals surface area contributed by atoms with E-state index in [1.807, 2.05) is 0 Å². The van der Waals surface area contributed by atoms with Crippen LogP contribution in [0.15, 0.2) is 9.42 Å². The van der Waals surface area contributed by atoms with Crippen LogP contribution in [0, 0.1) is 23.7 Å². The summed E-state index contributed by atoms with van der Waals surface area (Å²) < 4.78 is 11.9. The molecule has 8 heteroatoms. The largest absolute Gasteiger partial charge is 0.474 e. The van der Waals surface area contributed by atoms with Crippen molar-refractivity contribution in [2.24, 2.45) is 23.7 Å². The average molecular weight is 510 g/mol. The lowest BCUT2D eigenvalue weighted by Crippen LogP contribution is -2.59. The molecule has 0 radical (unpaired) electrons. The molecular weight excluding hydrogens is 470 g/mol. The van der Waals surface area contributed by atoms with Gasteiger partial charge in [-0.2, -0.15) is 0 Å². The van der Waals surface area contributed by atoms with E-state index in [0.29, 0.717) is 29.4 Å². The zero-order valence-corrected chi connectivity index (χ0v) is 21.8. The zero-order chi connectivity index (χ0) is 22.3. The molecule has 2 heterocycles. The van der Waals surface area contributed by atoms with Crippen molar-refractivity contribution in [3.8, 4) is 5.88 Å². The van der Waals surface area contributed by atoms with Crippen LogP contribution in [0.1, 0.15) is 94.0 Å². The Bertz CT molecular complexity index is 815. The van der Waals surface area contributed by atoms with Crippen LogP contribution in [-0.2, 0) is 0 Å². The lowest BCUT2D eigenvalue weighted by atomic mass is 9.53. The smallest absolute Gasteiger partial charge is 0.291 e. The number of hydrogen-bond donors (Lipinski definition) is 2. The molecule has 6 fully saturated rings. The molecule has 6 aliphatic rings. The molecule has 5 saturated carbocycles. The second kappa shape index (κ2) is 10.6. The van der Waals surface area contributed by atoms with Crippen molar-refractivity contribution in [3.63, 3.8) is 0 Å². The van der Waals surface area contributed by atoms with Gasteiger partial charge in [0.1, 0.15) is 4.90 Å². The summed E-state index contributed by atoms with van der Waals surface area (Å²) in [6.45, 7) is 2.76. The van der Waals surface area contributed by atoms with Crippen LogP contribution >= 0.6 is 24.2 Å². The minimum absolute atomic E-state index is 0. The number of nitrogens with zero attached hydrogens (tertiary/aromatic N) is 1. The number of amides is 1. The predicted molar refractivity (Wildman–Crippen MR) is 136 cm³/mol. The van der Waals surface area contributed by atoms with Crippen molar-refractivity contribution < 1.29 is 14.1 Å². The van der Waals surface area contributed by atoms with Crippen LogP contribution in [0.2, 0.25) is 0 Å². The van der Waals surface area contributed by atoms with Crippen LogP contribution in [-0.4, -0.2) is 41.5 Å². The van der Waals surface area contributed by atoms with Gasteiger partial charge < -0.3 is 19.9 Å². The molecule has 1 amide bonds. The number of piperidine rings is 1. The molecule has 0 aromatic carbocycles. The van der Waals surface area contributed by atoms with Crippen LogP contribution in [0.4, 0.5) is 0 Å². The number of thioether (sulfide) groups is 1. The molecule has 0 spiro atoms. The number of carbonyl (C=O) groups is 1. The summed E-state index contributed by atoms with van der Waals surface area (Å²) in [4.78, 5) is 14.4. The third-order valence-electron chi connectivity index (χ3n) is 8.99. The Morgan fingerprint density at radius 1 is 1.03 bits per heavy atom. The van der Waals surface area contributed by atoms with E-state index >= 15 is 0 Å². The zero-order valence-electron chi connectivity index (χ0n) is 20.2. The van der Waals surface area contributed by atoms with E-state index < -0.39 is 0 Å². The summed E-state index contributed by atoms with van der Waals surface area (Å²) in [7, 11) is 0. The summed E-state index contributed by atoms with van der Waals surface area (Å²) in [5.74, 6) is 3.80. The molecule has 1 saturated heterocycles. The molecule has 6 nitrogen and oxygen atoms in total. The van der Waals surface area contributed by atoms with Gasteiger partial charge in [-0.25, -0.2) is 0 Å². The molecule has 7 rings (SSSR count). The van der Waals surface area contributed by atoms with E-state index in [1.54, 1.807) is 11.8 Å². The highest BCUT2D eigenvalue weighted by atomic mass is 35.5. The van der Waals surface area contributed by atoms with E-state index in [1.165, 1.54) is 51.4 Å². The number of ether oxygens (including phenoxy) is 1. The first kappa shape index (κ1) is 24.8. The lowest BCUT2D eigenvalue weighted by molar-refractivity contribution is -0.0173. The number of aromatic nitrogens is 1. The van der Waals surface area contributed by atoms with Gasteiger partial charge in [0.2, 0.25) is 5.76 Å². The standard InChI is InChI=1S/C26H39N3O3S.ClH/c30-24(28-26-13-18-10-19(14-26)12-20(11-18)15-26)22-23(33-21-4-2-1-3-5-21)25(29-32-22)31-16-17-6-8-27-9-7-17;/h17-21,27H,1-16H2,(H,28,30);1H. The Balaban J connectivity index is 0.00000241. The van der Waals surface area contributed by atoms with Gasteiger partial charge in [0, 0.05) is 10.8 Å². The van der Waals surface area contributed by atoms with Crippen molar-refractivity contribution in [1.82, 2.24) is 15.8 Å². The highest BCUT2D eigenvalue weighted by Gasteiger charge is 2.52. The Morgan fingerprint density at radius 2 is 1.68 bits per heavy atom. The number of nitrogens with one attached hydrogen (secondary N) is 2. The average Bonchev–Trinajstić information content (AvgIpc) is 3.20. The van der Waals surface area contributed by atoms with Gasteiger partial charge >= 0.3 is 0 Å². The maximum atomic E-state index is 13.6. The predicted octanol–water partition coefficient (Wildman–Crippen LogP) is 5.60. The van der Waals surface area contributed by atoms with Gasteiger partial charge in [-0.15, -0.1) is 24.2 Å². The van der Waals surface area contributed by atoms with Crippen LogP contribution in [0.25, 0.3) is 0 Å². The Kier molecular flexibility index (Phi) is 7.72. The molecule has 1 aromatic heterocycles. The van der Waals surface area contributed by atoms with Crippen LogP contribution < -0.4 is 15.4 Å². The second-order valence-electron chi connectivity index (χ2n) is 11.7. The van der Waals surface area contributed by atoms with Crippen molar-refractivity contribution in [3.05, 3.63) is 5.76 Å². The van der Waals surface area contributed by atoms with Crippen molar-refractivity contribution in [1.29, 1.82) is 0 Å². The van der Waals surface area contributed by atoms with E-state index in [0.717, 1.165) is 67.8 Å². The molecule has 0 unspecified atom stereocenters. The van der Waals surface area contributed by atoms with E-state index in [9.17, 15) is 4.79 Å². The highest BCUT2D eigenvalue weighted by molar-refractivity contribution is 8.00. The minimum atomic E-state index is -0.0699. The molecule has 1 aliphatic heterocycles. The topological polar surface area (TPSA) is 76.4 Å². The maximum Gasteiger partial charge on any atom is 0.291 e. The first-order chi connectivity index (χ1) is 16.2. The van der Waals surface area contributed by atoms with E-state index in [4.69, 9.17) is 9.26 Å². The summed E-state index contributed by atoms with van der Waals surface area (Å²) in [6, 6.07) is 0. The van der Waals surface area contributed by atoms with E-state index in [2.05, 4.69) is 15.8 Å². The monoisotopic (exact) mass is 509 g/mol. The fourth-order valence-electron chi connectivity index (χ4n) is 7.76. The normalized spacial score (nSPS) is 33.5. The SMILES string of the molecule is Cl.O=C(NC12CC3CC(CC(C3)C1)C2)c1onc(OCC2CCNCC2)c1SC1CCCCC1. The number of halogens is 1. The van der Waals surface area contributed by atoms with Gasteiger partial charge in [0.15, 0.2) is 0 Å². The molecule has 190 valence electrons. The molecule has 34 heavy (non-hydrogen) atoms. The summed E-state index contributed by atoms with van der Waals surface area (Å²) in [5, 5.41) is 11.7. The summed E-state index contributed by atoms with van der Waals surface area (Å²) in [6.07, 6.45) is 16.0. The van der Waals surface area contributed by atoms with Crippen molar-refractivity contribution in [2.75, 3.05) is 19.7 Å². The van der Waals surface area contributed by atoms with Crippen molar-refractivity contribution in [2.45, 2.75) is 99.2 Å². The number of rotatable bonds is 7. The fourth-order valence-corrected chi connectivity index (χ4v) is 9.10. The number of hydrogen-bond acceptors (Lipinski definition) is 6. The first-order valence-corrected chi connectivity index (χ1v) is 14.4. The molecule has 1 aromatic rings.